The predicted molar refractivity (Wildman–Crippen MR) is 177 cm³/mol. The highest BCUT2D eigenvalue weighted by Gasteiger charge is 2.28. The van der Waals surface area contributed by atoms with E-state index < -0.39 is 0 Å². The van der Waals surface area contributed by atoms with Gasteiger partial charge in [0.1, 0.15) is 13.2 Å². The Bertz CT molecular complexity index is 1830. The minimum absolute atomic E-state index is 0.238. The summed E-state index contributed by atoms with van der Waals surface area (Å²) in [4.78, 5) is 19.8. The predicted octanol–water partition coefficient (Wildman–Crippen LogP) is 8.26. The van der Waals surface area contributed by atoms with Crippen molar-refractivity contribution in [3.8, 4) is 45.0 Å². The van der Waals surface area contributed by atoms with Gasteiger partial charge in [0, 0.05) is 27.8 Å². The minimum atomic E-state index is -0.238. The molecule has 0 N–H and O–H groups in total. The van der Waals surface area contributed by atoms with E-state index in [4.69, 9.17) is 29.4 Å². The van der Waals surface area contributed by atoms with Gasteiger partial charge in [-0.1, -0.05) is 72.8 Å². The first-order valence-electron chi connectivity index (χ1n) is 14.9. The molecule has 0 amide bonds. The summed E-state index contributed by atoms with van der Waals surface area (Å²) in [6, 6.07) is 37.2. The van der Waals surface area contributed by atoms with Crippen molar-refractivity contribution in [1.29, 1.82) is 0 Å². The van der Waals surface area contributed by atoms with Gasteiger partial charge in [-0.05, 0) is 75.2 Å². The summed E-state index contributed by atoms with van der Waals surface area (Å²) < 4.78 is 11.9. The molecule has 0 atom stereocenters. The van der Waals surface area contributed by atoms with Gasteiger partial charge >= 0.3 is 0 Å². The molecule has 0 saturated carbocycles. The number of benzene rings is 4. The van der Waals surface area contributed by atoms with Crippen LogP contribution in [0.2, 0.25) is 0 Å². The average molecular weight is 579 g/mol. The minimum Gasteiger partial charge on any atom is -0.475 e. The van der Waals surface area contributed by atoms with E-state index in [1.165, 1.54) is 0 Å². The maximum Gasteiger partial charge on any atom is 0.216 e. The molecule has 1 aromatic heterocycles. The molecule has 0 bridgehead atoms. The topological polar surface area (TPSA) is 69.0 Å². The van der Waals surface area contributed by atoms with Crippen LogP contribution >= 0.6 is 0 Å². The zero-order valence-corrected chi connectivity index (χ0v) is 25.4. The first kappa shape index (κ1) is 27.7. The van der Waals surface area contributed by atoms with Gasteiger partial charge in [-0.15, -0.1) is 0 Å². The summed E-state index contributed by atoms with van der Waals surface area (Å²) in [5.41, 5.74) is 8.14. The maximum absolute atomic E-state index is 5.96. The molecular formula is C38H34N4O2. The number of hydrogen-bond acceptors (Lipinski definition) is 6. The summed E-state index contributed by atoms with van der Waals surface area (Å²) in [6.07, 6.45) is 0. The molecule has 0 saturated heterocycles. The van der Waals surface area contributed by atoms with Crippen LogP contribution in [0.1, 0.15) is 38.8 Å². The van der Waals surface area contributed by atoms with Gasteiger partial charge in [-0.2, -0.15) is 0 Å². The molecular weight excluding hydrogens is 544 g/mol. The number of rotatable bonds is 6. The van der Waals surface area contributed by atoms with E-state index in [-0.39, 0.29) is 11.1 Å². The van der Waals surface area contributed by atoms with Crippen molar-refractivity contribution in [3.63, 3.8) is 0 Å². The summed E-state index contributed by atoms with van der Waals surface area (Å²) in [5.74, 6) is 1.97. The van der Waals surface area contributed by atoms with Crippen LogP contribution in [0.25, 0.3) is 45.0 Å². The molecule has 218 valence electrons. The number of hydrogen-bond donors (Lipinski definition) is 0. The van der Waals surface area contributed by atoms with Crippen molar-refractivity contribution in [3.05, 3.63) is 120 Å². The molecule has 3 heterocycles. The van der Waals surface area contributed by atoms with Crippen LogP contribution in [0.4, 0.5) is 0 Å². The number of aromatic nitrogens is 2. The van der Waals surface area contributed by atoms with E-state index in [0.717, 1.165) is 50.3 Å². The van der Waals surface area contributed by atoms with Gasteiger partial charge in [0.25, 0.3) is 0 Å². The zero-order valence-electron chi connectivity index (χ0n) is 25.4. The Balaban J connectivity index is 1.35. The molecule has 2 aliphatic rings. The van der Waals surface area contributed by atoms with Gasteiger partial charge in [0.15, 0.2) is 5.82 Å². The lowest BCUT2D eigenvalue weighted by Gasteiger charge is -2.12. The van der Waals surface area contributed by atoms with Crippen LogP contribution in [0.5, 0.6) is 0 Å². The monoisotopic (exact) mass is 578 g/mol. The van der Waals surface area contributed by atoms with E-state index in [2.05, 4.69) is 100 Å². The molecule has 7 rings (SSSR count). The third kappa shape index (κ3) is 5.76. The molecule has 6 heteroatoms. The van der Waals surface area contributed by atoms with Crippen molar-refractivity contribution >= 4 is 11.8 Å². The molecule has 2 aliphatic heterocycles. The van der Waals surface area contributed by atoms with Crippen LogP contribution in [-0.2, 0) is 9.47 Å². The van der Waals surface area contributed by atoms with E-state index >= 15 is 0 Å². The Labute approximate surface area is 258 Å². The second kappa shape index (κ2) is 10.9. The Morgan fingerprint density at radius 3 is 1.39 bits per heavy atom. The highest BCUT2D eigenvalue weighted by Crippen LogP contribution is 2.32. The third-order valence-corrected chi connectivity index (χ3v) is 7.70. The van der Waals surface area contributed by atoms with Crippen LogP contribution in [0, 0.1) is 0 Å². The van der Waals surface area contributed by atoms with Gasteiger partial charge in [-0.3, -0.25) is 0 Å². The molecule has 0 radical (unpaired) electrons. The van der Waals surface area contributed by atoms with Crippen LogP contribution in [0.3, 0.4) is 0 Å². The van der Waals surface area contributed by atoms with Crippen molar-refractivity contribution in [2.24, 2.45) is 9.98 Å². The lowest BCUT2D eigenvalue weighted by molar-refractivity contribution is 0.279. The largest absolute Gasteiger partial charge is 0.475 e. The van der Waals surface area contributed by atoms with Crippen LogP contribution in [-0.4, -0.2) is 46.1 Å². The Kier molecular flexibility index (Phi) is 6.85. The van der Waals surface area contributed by atoms with Gasteiger partial charge in [0.2, 0.25) is 11.8 Å². The Morgan fingerprint density at radius 2 is 0.886 bits per heavy atom. The van der Waals surface area contributed by atoms with Crippen LogP contribution < -0.4 is 0 Å². The fourth-order valence-corrected chi connectivity index (χ4v) is 5.43. The lowest BCUT2D eigenvalue weighted by Crippen LogP contribution is -2.17. The molecule has 44 heavy (non-hydrogen) atoms. The second-order valence-corrected chi connectivity index (χ2v) is 12.6. The van der Waals surface area contributed by atoms with E-state index in [9.17, 15) is 0 Å². The summed E-state index contributed by atoms with van der Waals surface area (Å²) in [6.45, 7) is 9.44. The highest BCUT2D eigenvalue weighted by atomic mass is 16.5. The fourth-order valence-electron chi connectivity index (χ4n) is 5.43. The van der Waals surface area contributed by atoms with E-state index in [1.807, 2.05) is 36.4 Å². The summed E-state index contributed by atoms with van der Waals surface area (Å²) >= 11 is 0. The standard InChI is InChI=1S/C38H34N4O2/c1-37(2)23-43-35(41-37)30-17-9-14-27(20-30)32-22-33(28-15-10-18-31(21-28)36-42-38(3,4)24-44-36)40-34(39-32)29-16-8-13-26(19-29)25-11-6-5-7-12-25/h5-22H,23-24H2,1-4H3. The molecule has 4 aromatic carbocycles. The molecule has 6 nitrogen and oxygen atoms in total. The lowest BCUT2D eigenvalue weighted by atomic mass is 10.0. The van der Waals surface area contributed by atoms with Crippen molar-refractivity contribution in [2.45, 2.75) is 38.8 Å². The molecule has 0 unspecified atom stereocenters. The first-order chi connectivity index (χ1) is 21.2. The number of aliphatic imine (C=N–C) groups is 2. The maximum atomic E-state index is 5.96. The Hall–Kier alpha value is -5.10. The zero-order chi connectivity index (χ0) is 30.3. The van der Waals surface area contributed by atoms with Crippen molar-refractivity contribution in [1.82, 2.24) is 9.97 Å². The molecule has 0 fully saturated rings. The first-order valence-corrected chi connectivity index (χ1v) is 14.9. The quantitative estimate of drug-likeness (QED) is 0.203. The average Bonchev–Trinajstić information content (AvgIpc) is 3.62. The van der Waals surface area contributed by atoms with Gasteiger partial charge in [0.05, 0.1) is 22.5 Å². The molecule has 5 aromatic rings. The van der Waals surface area contributed by atoms with E-state index in [0.29, 0.717) is 30.8 Å². The number of nitrogens with zero attached hydrogens (tertiary/aromatic N) is 4. The highest BCUT2D eigenvalue weighted by molar-refractivity contribution is 5.97. The summed E-state index contributed by atoms with van der Waals surface area (Å²) in [7, 11) is 0. The summed E-state index contributed by atoms with van der Waals surface area (Å²) in [5, 5.41) is 0. The molecule has 0 spiro atoms. The smallest absolute Gasteiger partial charge is 0.216 e. The van der Waals surface area contributed by atoms with Gasteiger partial charge in [-0.25, -0.2) is 20.0 Å². The Morgan fingerprint density at radius 1 is 0.455 bits per heavy atom. The molecule has 0 aliphatic carbocycles. The van der Waals surface area contributed by atoms with Crippen LogP contribution in [0.15, 0.2) is 119 Å². The van der Waals surface area contributed by atoms with Crippen molar-refractivity contribution < 1.29 is 9.47 Å². The third-order valence-electron chi connectivity index (χ3n) is 7.70. The van der Waals surface area contributed by atoms with Gasteiger partial charge < -0.3 is 9.47 Å². The van der Waals surface area contributed by atoms with Crippen molar-refractivity contribution in [2.75, 3.05) is 13.2 Å². The number of ether oxygens (including phenoxy) is 2. The SMILES string of the molecule is CC1(C)COC(c2cccc(-c3cc(-c4cccc(C5=NC(C)(C)CO5)c4)nc(-c4cccc(-c5ccccc5)c4)n3)c2)=N1. The fraction of sp³-hybridized carbons (Fsp3) is 0.211. The normalized spacial score (nSPS) is 16.5. The van der Waals surface area contributed by atoms with E-state index in [1.54, 1.807) is 0 Å². The second-order valence-electron chi connectivity index (χ2n) is 12.6.